The Balaban J connectivity index is 1.20. The van der Waals surface area contributed by atoms with Gasteiger partial charge < -0.3 is 0 Å². The van der Waals surface area contributed by atoms with Gasteiger partial charge in [0, 0.05) is 35.5 Å². The van der Waals surface area contributed by atoms with Crippen LogP contribution in [0, 0.1) is 5.92 Å². The van der Waals surface area contributed by atoms with Gasteiger partial charge >= 0.3 is 0 Å². The molecule has 0 saturated heterocycles. The molecule has 2 heterocycles. The fourth-order valence-corrected chi connectivity index (χ4v) is 8.71. The van der Waals surface area contributed by atoms with Crippen molar-refractivity contribution in [1.82, 2.24) is 9.97 Å². The van der Waals surface area contributed by atoms with E-state index < -0.39 is 0 Å². The summed E-state index contributed by atoms with van der Waals surface area (Å²) in [6.45, 7) is 0. The van der Waals surface area contributed by atoms with Gasteiger partial charge in [0.15, 0.2) is 0 Å². The van der Waals surface area contributed by atoms with Crippen LogP contribution >= 0.6 is 0 Å². The maximum absolute atomic E-state index is 4.69. The van der Waals surface area contributed by atoms with Crippen molar-refractivity contribution in [2.24, 2.45) is 5.92 Å². The Morgan fingerprint density at radius 1 is 0.482 bits per heavy atom. The van der Waals surface area contributed by atoms with E-state index in [9.17, 15) is 0 Å². The lowest BCUT2D eigenvalue weighted by Gasteiger charge is -2.32. The zero-order valence-electron chi connectivity index (χ0n) is 31.1. The van der Waals surface area contributed by atoms with E-state index in [1.807, 2.05) is 30.6 Å². The van der Waals surface area contributed by atoms with Gasteiger partial charge in [-0.15, -0.1) is 0 Å². The van der Waals surface area contributed by atoms with Crippen molar-refractivity contribution in [3.8, 4) is 44.6 Å². The van der Waals surface area contributed by atoms with E-state index in [4.69, 9.17) is 0 Å². The highest BCUT2D eigenvalue weighted by Crippen LogP contribution is 2.43. The van der Waals surface area contributed by atoms with Crippen LogP contribution in [0.1, 0.15) is 30.0 Å². The van der Waals surface area contributed by atoms with Crippen LogP contribution < -0.4 is 10.4 Å². The second-order valence-electron chi connectivity index (χ2n) is 14.8. The van der Waals surface area contributed by atoms with E-state index in [-0.39, 0.29) is 11.8 Å². The number of nitrogens with zero attached hydrogens (tertiary/aromatic N) is 2. The average molecular weight is 717 g/mol. The summed E-state index contributed by atoms with van der Waals surface area (Å²) in [7, 11) is 0. The van der Waals surface area contributed by atoms with E-state index in [0.717, 1.165) is 29.8 Å². The first-order chi connectivity index (χ1) is 27.8. The van der Waals surface area contributed by atoms with Crippen LogP contribution in [-0.2, 0) is 0 Å². The number of hydrogen-bond acceptors (Lipinski definition) is 2. The molecule has 0 radical (unpaired) electrons. The van der Waals surface area contributed by atoms with Crippen LogP contribution in [0.3, 0.4) is 0 Å². The van der Waals surface area contributed by atoms with E-state index in [0.29, 0.717) is 0 Å². The van der Waals surface area contributed by atoms with Gasteiger partial charge in [-0.05, 0) is 133 Å². The van der Waals surface area contributed by atoms with Crippen molar-refractivity contribution in [3.63, 3.8) is 0 Å². The van der Waals surface area contributed by atoms with Crippen molar-refractivity contribution < 1.29 is 0 Å². The van der Waals surface area contributed by atoms with E-state index in [1.54, 1.807) is 0 Å². The summed E-state index contributed by atoms with van der Waals surface area (Å²) >= 11 is 0. The summed E-state index contributed by atoms with van der Waals surface area (Å²) < 4.78 is 0. The highest BCUT2D eigenvalue weighted by Gasteiger charge is 2.31. The molecule has 3 aliphatic rings. The van der Waals surface area contributed by atoms with Gasteiger partial charge in [-0.2, -0.15) is 0 Å². The quantitative estimate of drug-likeness (QED) is 0.164. The Morgan fingerprint density at radius 2 is 1.12 bits per heavy atom. The predicted octanol–water partition coefficient (Wildman–Crippen LogP) is 11.7. The largest absolute Gasteiger partial charge is 0.261 e. The first-order valence-corrected chi connectivity index (χ1v) is 19.6. The lowest BCUT2D eigenvalue weighted by atomic mass is 9.71. The molecule has 0 spiro atoms. The molecular formula is C54H40N2. The van der Waals surface area contributed by atoms with Crippen LogP contribution in [0.4, 0.5) is 0 Å². The maximum atomic E-state index is 4.69. The molecule has 0 aliphatic heterocycles. The smallest absolute Gasteiger partial charge is 0.0701 e. The third-order valence-corrected chi connectivity index (χ3v) is 11.5. The minimum atomic E-state index is 0.247. The Morgan fingerprint density at radius 3 is 1.77 bits per heavy atom. The van der Waals surface area contributed by atoms with Gasteiger partial charge in [-0.3, -0.25) is 9.97 Å². The zero-order valence-corrected chi connectivity index (χ0v) is 31.1. The molecule has 3 aliphatic carbocycles. The molecule has 266 valence electrons. The number of allylic oxidation sites excluding steroid dienone is 8. The number of aromatic nitrogens is 2. The number of rotatable bonds is 7. The predicted molar refractivity (Wildman–Crippen MR) is 232 cm³/mol. The minimum Gasteiger partial charge on any atom is -0.261 e. The molecule has 2 atom stereocenters. The highest BCUT2D eigenvalue weighted by atomic mass is 14.7. The molecular weight excluding hydrogens is 677 g/mol. The van der Waals surface area contributed by atoms with Crippen LogP contribution in [0.5, 0.6) is 0 Å². The summed E-state index contributed by atoms with van der Waals surface area (Å²) in [5, 5.41) is 2.58. The van der Waals surface area contributed by atoms with Gasteiger partial charge in [-0.25, -0.2) is 0 Å². The molecule has 2 nitrogen and oxygen atoms in total. The third kappa shape index (κ3) is 6.40. The Labute approximate surface area is 328 Å². The molecule has 0 N–H and O–H groups in total. The Hall–Kier alpha value is -6.90. The van der Waals surface area contributed by atoms with Crippen LogP contribution in [0.2, 0.25) is 0 Å². The molecule has 0 bridgehead atoms. The minimum absolute atomic E-state index is 0.247. The molecule has 0 fully saturated rings. The number of fused-ring (bicyclic) bond motifs is 2. The SMILES string of the molecule is C1=CCC2C(=C1)C(c1ccc(-c3ccccn3)cc1)=c1cc(-c3cc(-c4ccccc4)cc(-c4ccccc4)c3)ccc1=C2C1=CCC(c2ccccn2)C=C1. The van der Waals surface area contributed by atoms with Gasteiger partial charge in [0.05, 0.1) is 5.69 Å². The lowest BCUT2D eigenvalue weighted by Crippen LogP contribution is -2.38. The fourth-order valence-electron chi connectivity index (χ4n) is 8.71. The second-order valence-corrected chi connectivity index (χ2v) is 14.8. The maximum Gasteiger partial charge on any atom is 0.0701 e. The molecule has 2 aromatic heterocycles. The molecule has 2 heteroatoms. The van der Waals surface area contributed by atoms with Crippen LogP contribution in [-0.4, -0.2) is 9.97 Å². The molecule has 5 aromatic carbocycles. The van der Waals surface area contributed by atoms with Gasteiger partial charge in [0.2, 0.25) is 0 Å². The standard InChI is InChI=1S/C54H40N2/c1-3-13-37(14-4-1)44-33-45(38-15-5-2-6-16-38)35-46(34-44)43-29-30-49-50(36-43)54(42-27-23-40(24-28-42)52-20-10-12-32-56-52)48-18-8-7-17-47(48)53(49)41-25-21-39(22-26-41)51-19-9-11-31-55-51/h1-16,18-21,23-36,39,47H,17,22H2. The fraction of sp³-hybridized carbons (Fsp3) is 0.0741. The number of pyridine rings is 2. The second kappa shape index (κ2) is 14.7. The monoisotopic (exact) mass is 716 g/mol. The van der Waals surface area contributed by atoms with Crippen molar-refractivity contribution >= 4 is 11.1 Å². The van der Waals surface area contributed by atoms with Gasteiger partial charge in [0.1, 0.15) is 0 Å². The molecule has 56 heavy (non-hydrogen) atoms. The first-order valence-electron chi connectivity index (χ1n) is 19.6. The zero-order chi connectivity index (χ0) is 37.3. The Kier molecular flexibility index (Phi) is 8.85. The third-order valence-electron chi connectivity index (χ3n) is 11.5. The van der Waals surface area contributed by atoms with Gasteiger partial charge in [-0.1, -0.05) is 146 Å². The first kappa shape index (κ1) is 33.7. The Bertz CT molecular complexity index is 2750. The van der Waals surface area contributed by atoms with Crippen molar-refractivity contribution in [1.29, 1.82) is 0 Å². The summed E-state index contributed by atoms with van der Waals surface area (Å²) in [5.41, 5.74) is 17.1. The summed E-state index contributed by atoms with van der Waals surface area (Å²) in [4.78, 5) is 9.32. The lowest BCUT2D eigenvalue weighted by molar-refractivity contribution is 0.782. The average Bonchev–Trinajstić information content (AvgIpc) is 3.29. The number of benzene rings is 5. The van der Waals surface area contributed by atoms with E-state index >= 15 is 0 Å². The van der Waals surface area contributed by atoms with E-state index in [1.165, 1.54) is 71.7 Å². The summed E-state index contributed by atoms with van der Waals surface area (Å²) in [5.74, 6) is 0.528. The van der Waals surface area contributed by atoms with Crippen LogP contribution in [0.15, 0.2) is 218 Å². The van der Waals surface area contributed by atoms with Crippen molar-refractivity contribution in [2.75, 3.05) is 0 Å². The molecule has 2 unspecified atom stereocenters. The van der Waals surface area contributed by atoms with E-state index in [2.05, 4.69) is 186 Å². The van der Waals surface area contributed by atoms with Crippen LogP contribution in [0.25, 0.3) is 55.8 Å². The summed E-state index contributed by atoms with van der Waals surface area (Å²) in [6, 6.07) is 57.0. The van der Waals surface area contributed by atoms with Gasteiger partial charge in [0.25, 0.3) is 0 Å². The normalized spacial score (nSPS) is 17.1. The van der Waals surface area contributed by atoms with Crippen molar-refractivity contribution in [2.45, 2.75) is 18.8 Å². The van der Waals surface area contributed by atoms with Crippen molar-refractivity contribution in [3.05, 3.63) is 239 Å². The summed E-state index contributed by atoms with van der Waals surface area (Å²) in [6.07, 6.45) is 19.8. The molecule has 0 amide bonds. The topological polar surface area (TPSA) is 25.8 Å². The number of hydrogen-bond donors (Lipinski definition) is 0. The molecule has 10 rings (SSSR count). The molecule has 7 aromatic rings. The highest BCUT2D eigenvalue weighted by molar-refractivity contribution is 5.91. The molecule has 0 saturated carbocycles.